The molecule has 0 unspecified atom stereocenters. The first-order valence-electron chi connectivity index (χ1n) is 9.42. The van der Waals surface area contributed by atoms with Crippen molar-refractivity contribution in [3.8, 4) is 0 Å². The minimum Gasteiger partial charge on any atom is -0.347 e. The molecule has 2 amide bonds. The molecule has 3 aliphatic rings. The predicted molar refractivity (Wildman–Crippen MR) is 97.2 cm³/mol. The van der Waals surface area contributed by atoms with Crippen LogP contribution in [0, 0.1) is 11.3 Å². The second kappa shape index (κ2) is 9.04. The third-order valence-electron chi connectivity index (χ3n) is 6.20. The molecule has 2 aliphatic heterocycles. The first-order chi connectivity index (χ1) is 11.2. The van der Waals surface area contributed by atoms with Crippen LogP contribution in [0.3, 0.4) is 0 Å². The molecule has 0 radical (unpaired) electrons. The van der Waals surface area contributed by atoms with Crippen molar-refractivity contribution >= 4 is 24.2 Å². The lowest BCUT2D eigenvalue weighted by atomic mass is 9.78. The Balaban J connectivity index is 0.00000208. The van der Waals surface area contributed by atoms with Crippen LogP contribution in [-0.4, -0.2) is 49.4 Å². The van der Waals surface area contributed by atoms with Gasteiger partial charge in [0, 0.05) is 26.1 Å². The molecular weight excluding hydrogens is 326 g/mol. The maximum Gasteiger partial charge on any atom is 0.241 e. The number of carbonyl (C=O) groups excluding carboxylic acids is 2. The lowest BCUT2D eigenvalue weighted by Gasteiger charge is -2.38. The predicted octanol–water partition coefficient (Wildman–Crippen LogP) is 2.10. The fourth-order valence-corrected chi connectivity index (χ4v) is 4.46. The number of nitrogens with one attached hydrogen (secondary N) is 2. The van der Waals surface area contributed by atoms with Crippen molar-refractivity contribution in [3.63, 3.8) is 0 Å². The van der Waals surface area contributed by atoms with E-state index in [1.807, 2.05) is 4.90 Å². The number of nitrogens with zero attached hydrogens (tertiary/aromatic N) is 1. The van der Waals surface area contributed by atoms with Crippen molar-refractivity contribution in [1.29, 1.82) is 0 Å². The van der Waals surface area contributed by atoms with Crippen molar-refractivity contribution in [2.75, 3.05) is 32.7 Å². The summed E-state index contributed by atoms with van der Waals surface area (Å²) < 4.78 is 0. The van der Waals surface area contributed by atoms with E-state index in [0.29, 0.717) is 11.8 Å². The highest BCUT2D eigenvalue weighted by molar-refractivity contribution is 5.85. The van der Waals surface area contributed by atoms with Gasteiger partial charge in [0.1, 0.15) is 0 Å². The highest BCUT2D eigenvalue weighted by Gasteiger charge is 2.37. The van der Waals surface area contributed by atoms with Crippen LogP contribution in [0.5, 0.6) is 0 Å². The standard InChI is InChI=1S/C18H31N3O2.ClH/c22-16(6-5-15-3-1-2-4-15)20-13-17(23)21-11-8-18(9-12-21)7-10-19-14-18;/h15,19H,1-14H2,(H,20,22);1H. The minimum atomic E-state index is 0. The molecule has 0 aromatic carbocycles. The Morgan fingerprint density at radius 2 is 1.83 bits per heavy atom. The number of amides is 2. The van der Waals surface area contributed by atoms with Gasteiger partial charge in [-0.15, -0.1) is 12.4 Å². The molecular formula is C18H32ClN3O2. The lowest BCUT2D eigenvalue weighted by Crippen LogP contribution is -2.47. The third kappa shape index (κ3) is 5.09. The van der Waals surface area contributed by atoms with Crippen LogP contribution in [0.2, 0.25) is 0 Å². The Morgan fingerprint density at radius 1 is 1.12 bits per heavy atom. The van der Waals surface area contributed by atoms with E-state index in [1.165, 1.54) is 32.1 Å². The topological polar surface area (TPSA) is 61.4 Å². The van der Waals surface area contributed by atoms with E-state index in [0.717, 1.165) is 51.4 Å². The largest absolute Gasteiger partial charge is 0.347 e. The first-order valence-corrected chi connectivity index (χ1v) is 9.42. The fourth-order valence-electron chi connectivity index (χ4n) is 4.46. The summed E-state index contributed by atoms with van der Waals surface area (Å²) in [5, 5.41) is 6.27. The monoisotopic (exact) mass is 357 g/mol. The average Bonchev–Trinajstić information content (AvgIpc) is 3.24. The van der Waals surface area contributed by atoms with Crippen molar-refractivity contribution in [2.24, 2.45) is 11.3 Å². The van der Waals surface area contributed by atoms with Crippen LogP contribution in [0.15, 0.2) is 0 Å². The highest BCUT2D eigenvalue weighted by atomic mass is 35.5. The van der Waals surface area contributed by atoms with Crippen LogP contribution in [0.1, 0.15) is 57.8 Å². The molecule has 3 fully saturated rings. The molecule has 1 saturated carbocycles. The van der Waals surface area contributed by atoms with Crippen LogP contribution in [0.4, 0.5) is 0 Å². The van der Waals surface area contributed by atoms with Gasteiger partial charge in [-0.3, -0.25) is 9.59 Å². The zero-order valence-electron chi connectivity index (χ0n) is 14.6. The quantitative estimate of drug-likeness (QED) is 0.792. The summed E-state index contributed by atoms with van der Waals surface area (Å²) >= 11 is 0. The molecule has 1 spiro atoms. The Hall–Kier alpha value is -0.810. The summed E-state index contributed by atoms with van der Waals surface area (Å²) in [6.45, 7) is 4.09. The molecule has 1 aliphatic carbocycles. The number of hydrogen-bond donors (Lipinski definition) is 2. The van der Waals surface area contributed by atoms with Gasteiger partial charge in [0.2, 0.25) is 11.8 Å². The second-order valence-corrected chi connectivity index (χ2v) is 7.77. The zero-order valence-corrected chi connectivity index (χ0v) is 15.5. The van der Waals surface area contributed by atoms with Gasteiger partial charge in [0.05, 0.1) is 6.54 Å². The normalized spacial score (nSPS) is 23.2. The van der Waals surface area contributed by atoms with Crippen molar-refractivity contribution in [3.05, 3.63) is 0 Å². The highest BCUT2D eigenvalue weighted by Crippen LogP contribution is 2.36. The smallest absolute Gasteiger partial charge is 0.241 e. The summed E-state index contributed by atoms with van der Waals surface area (Å²) in [6, 6.07) is 0. The van der Waals surface area contributed by atoms with E-state index < -0.39 is 0 Å². The number of halogens is 1. The molecule has 138 valence electrons. The van der Waals surface area contributed by atoms with Crippen molar-refractivity contribution in [2.45, 2.75) is 57.8 Å². The van der Waals surface area contributed by atoms with Crippen LogP contribution >= 0.6 is 12.4 Å². The van der Waals surface area contributed by atoms with Crippen molar-refractivity contribution < 1.29 is 9.59 Å². The number of likely N-dealkylation sites (tertiary alicyclic amines) is 1. The molecule has 2 saturated heterocycles. The van der Waals surface area contributed by atoms with E-state index in [2.05, 4.69) is 10.6 Å². The van der Waals surface area contributed by atoms with Gasteiger partial charge in [-0.25, -0.2) is 0 Å². The Morgan fingerprint density at radius 3 is 2.46 bits per heavy atom. The average molecular weight is 358 g/mol. The van der Waals surface area contributed by atoms with Gasteiger partial charge in [-0.1, -0.05) is 25.7 Å². The van der Waals surface area contributed by atoms with E-state index in [9.17, 15) is 9.59 Å². The molecule has 6 heteroatoms. The maximum atomic E-state index is 12.3. The number of piperidine rings is 1. The molecule has 2 N–H and O–H groups in total. The van der Waals surface area contributed by atoms with E-state index in [-0.39, 0.29) is 30.8 Å². The van der Waals surface area contributed by atoms with Crippen molar-refractivity contribution in [1.82, 2.24) is 15.5 Å². The van der Waals surface area contributed by atoms with E-state index >= 15 is 0 Å². The van der Waals surface area contributed by atoms with Gasteiger partial charge in [0.25, 0.3) is 0 Å². The molecule has 0 aromatic heterocycles. The fraction of sp³-hybridized carbons (Fsp3) is 0.889. The molecule has 0 bridgehead atoms. The second-order valence-electron chi connectivity index (χ2n) is 7.77. The Bertz CT molecular complexity index is 422. The summed E-state index contributed by atoms with van der Waals surface area (Å²) in [5.74, 6) is 0.855. The minimum absolute atomic E-state index is 0. The first kappa shape index (κ1) is 19.5. The molecule has 0 aromatic rings. The molecule has 3 rings (SSSR count). The summed E-state index contributed by atoms with van der Waals surface area (Å²) in [7, 11) is 0. The van der Waals surface area contributed by atoms with Gasteiger partial charge >= 0.3 is 0 Å². The molecule has 0 atom stereocenters. The number of rotatable bonds is 5. The SMILES string of the molecule is Cl.O=C(CCC1CCCC1)NCC(=O)N1CCC2(CCNC2)CC1. The Labute approximate surface area is 151 Å². The van der Waals surface area contributed by atoms with Gasteiger partial charge in [0.15, 0.2) is 0 Å². The summed E-state index contributed by atoms with van der Waals surface area (Å²) in [4.78, 5) is 26.1. The molecule has 5 nitrogen and oxygen atoms in total. The van der Waals surface area contributed by atoms with Crippen LogP contribution in [-0.2, 0) is 9.59 Å². The number of hydrogen-bond acceptors (Lipinski definition) is 3. The maximum absolute atomic E-state index is 12.3. The third-order valence-corrected chi connectivity index (χ3v) is 6.20. The lowest BCUT2D eigenvalue weighted by molar-refractivity contribution is -0.134. The van der Waals surface area contributed by atoms with Crippen LogP contribution in [0.25, 0.3) is 0 Å². The zero-order chi connectivity index (χ0) is 16.1. The van der Waals surface area contributed by atoms with Gasteiger partial charge in [-0.05, 0) is 43.6 Å². The van der Waals surface area contributed by atoms with Gasteiger partial charge in [-0.2, -0.15) is 0 Å². The van der Waals surface area contributed by atoms with Crippen LogP contribution < -0.4 is 10.6 Å². The number of carbonyl (C=O) groups is 2. The molecule has 24 heavy (non-hydrogen) atoms. The summed E-state index contributed by atoms with van der Waals surface area (Å²) in [5.41, 5.74) is 0.432. The van der Waals surface area contributed by atoms with Gasteiger partial charge < -0.3 is 15.5 Å². The van der Waals surface area contributed by atoms with E-state index in [4.69, 9.17) is 0 Å². The summed E-state index contributed by atoms with van der Waals surface area (Å²) in [6.07, 6.45) is 10.2. The molecule has 2 heterocycles. The van der Waals surface area contributed by atoms with E-state index in [1.54, 1.807) is 0 Å². The Kier molecular flexibility index (Phi) is 7.35.